The van der Waals surface area contributed by atoms with E-state index in [9.17, 15) is 4.79 Å². The fourth-order valence-corrected chi connectivity index (χ4v) is 1.57. The third kappa shape index (κ3) is 4.01. The Morgan fingerprint density at radius 3 is 2.82 bits per heavy atom. The minimum atomic E-state index is -0.792. The van der Waals surface area contributed by atoms with Crippen LogP contribution in [-0.2, 0) is 11.2 Å². The van der Waals surface area contributed by atoms with Crippen molar-refractivity contribution >= 4 is 11.8 Å². The molecule has 0 aliphatic carbocycles. The molecule has 5 nitrogen and oxygen atoms in total. The largest absolute Gasteiger partial charge is 0.481 e. The molecule has 1 rings (SSSR count). The summed E-state index contributed by atoms with van der Waals surface area (Å²) in [4.78, 5) is 21.0. The van der Waals surface area contributed by atoms with Gasteiger partial charge in [0.05, 0.1) is 5.92 Å². The van der Waals surface area contributed by atoms with E-state index >= 15 is 0 Å². The second kappa shape index (κ2) is 6.18. The summed E-state index contributed by atoms with van der Waals surface area (Å²) in [5, 5.41) is 8.86. The molecule has 0 radical (unpaired) electrons. The Hall–Kier alpha value is -1.65. The van der Waals surface area contributed by atoms with Gasteiger partial charge in [-0.05, 0) is 6.42 Å². The molecule has 0 aliphatic heterocycles. The monoisotopic (exact) mass is 237 g/mol. The number of nitrogens with zero attached hydrogens (tertiary/aromatic N) is 3. The van der Waals surface area contributed by atoms with Crippen molar-refractivity contribution in [1.29, 1.82) is 0 Å². The molecule has 0 saturated carbocycles. The zero-order valence-corrected chi connectivity index (χ0v) is 10.6. The first-order valence-corrected chi connectivity index (χ1v) is 5.79. The molecule has 0 amide bonds. The fourth-order valence-electron chi connectivity index (χ4n) is 1.57. The smallest absolute Gasteiger partial charge is 0.308 e. The van der Waals surface area contributed by atoms with Gasteiger partial charge in [-0.2, -0.15) is 0 Å². The molecule has 1 N–H and O–H groups in total. The molecule has 1 atom stereocenters. The molecule has 94 valence electrons. The minimum Gasteiger partial charge on any atom is -0.481 e. The molecule has 0 aliphatic rings. The topological polar surface area (TPSA) is 66.3 Å². The Labute approximate surface area is 102 Å². The minimum absolute atomic E-state index is 0.412. The first-order valence-electron chi connectivity index (χ1n) is 5.79. The van der Waals surface area contributed by atoms with E-state index in [0.29, 0.717) is 6.54 Å². The zero-order valence-electron chi connectivity index (χ0n) is 10.6. The second-order valence-corrected chi connectivity index (χ2v) is 4.24. The third-order valence-corrected chi connectivity index (χ3v) is 2.58. The van der Waals surface area contributed by atoms with Gasteiger partial charge in [0.25, 0.3) is 0 Å². The third-order valence-electron chi connectivity index (χ3n) is 2.58. The van der Waals surface area contributed by atoms with Crippen molar-refractivity contribution in [2.45, 2.75) is 26.7 Å². The van der Waals surface area contributed by atoms with Gasteiger partial charge in [0.1, 0.15) is 12.1 Å². The normalized spacial score (nSPS) is 12.2. The average Bonchev–Trinajstić information content (AvgIpc) is 2.29. The molecular weight excluding hydrogens is 218 g/mol. The van der Waals surface area contributed by atoms with Gasteiger partial charge >= 0.3 is 5.97 Å². The first kappa shape index (κ1) is 13.4. The molecule has 0 aromatic carbocycles. The van der Waals surface area contributed by atoms with Gasteiger partial charge in [0, 0.05) is 25.4 Å². The Balaban J connectivity index is 2.71. The van der Waals surface area contributed by atoms with E-state index in [2.05, 4.69) is 16.9 Å². The lowest BCUT2D eigenvalue weighted by atomic mass is 10.2. The maximum Gasteiger partial charge on any atom is 0.308 e. The number of carbonyl (C=O) groups is 1. The summed E-state index contributed by atoms with van der Waals surface area (Å²) in [6, 6.07) is 1.91. The van der Waals surface area contributed by atoms with Crippen molar-refractivity contribution in [2.24, 2.45) is 5.92 Å². The van der Waals surface area contributed by atoms with Crippen LogP contribution in [0.15, 0.2) is 12.4 Å². The number of aromatic nitrogens is 2. The molecule has 1 heterocycles. The molecule has 0 bridgehead atoms. The quantitative estimate of drug-likeness (QED) is 0.813. The van der Waals surface area contributed by atoms with Crippen LogP contribution in [0.2, 0.25) is 0 Å². The van der Waals surface area contributed by atoms with Gasteiger partial charge in [-0.15, -0.1) is 0 Å². The molecule has 0 spiro atoms. The Kier molecular flexibility index (Phi) is 4.87. The lowest BCUT2D eigenvalue weighted by Crippen LogP contribution is -2.29. The summed E-state index contributed by atoms with van der Waals surface area (Å²) in [6.45, 7) is 4.23. The number of hydrogen-bond acceptors (Lipinski definition) is 4. The molecule has 1 aromatic rings. The van der Waals surface area contributed by atoms with E-state index in [1.54, 1.807) is 6.92 Å². The highest BCUT2D eigenvalue weighted by molar-refractivity contribution is 5.70. The lowest BCUT2D eigenvalue weighted by Gasteiger charge is -2.20. The maximum atomic E-state index is 10.8. The highest BCUT2D eigenvalue weighted by Crippen LogP contribution is 2.12. The molecular formula is C12H19N3O2. The van der Waals surface area contributed by atoms with Crippen molar-refractivity contribution in [1.82, 2.24) is 9.97 Å². The van der Waals surface area contributed by atoms with Crippen molar-refractivity contribution in [2.75, 3.05) is 18.5 Å². The highest BCUT2D eigenvalue weighted by Gasteiger charge is 2.14. The lowest BCUT2D eigenvalue weighted by molar-refractivity contribution is -0.140. The standard InChI is InChI=1S/C12H19N3O2/c1-4-5-10-6-11(14-8-13-10)15(3)7-9(2)12(16)17/h6,8-9H,4-5,7H2,1-3H3,(H,16,17). The number of aryl methyl sites for hydroxylation is 1. The Morgan fingerprint density at radius 2 is 2.24 bits per heavy atom. The van der Waals surface area contributed by atoms with Gasteiger partial charge < -0.3 is 10.0 Å². The first-order chi connectivity index (χ1) is 8.04. The van der Waals surface area contributed by atoms with E-state index in [4.69, 9.17) is 5.11 Å². The van der Waals surface area contributed by atoms with Crippen LogP contribution in [0.3, 0.4) is 0 Å². The Bertz CT molecular complexity index is 382. The van der Waals surface area contributed by atoms with Gasteiger partial charge in [-0.25, -0.2) is 9.97 Å². The van der Waals surface area contributed by atoms with Crippen molar-refractivity contribution in [3.05, 3.63) is 18.1 Å². The predicted octanol–water partition coefficient (Wildman–Crippen LogP) is 1.59. The van der Waals surface area contributed by atoms with Crippen molar-refractivity contribution in [3.63, 3.8) is 0 Å². The van der Waals surface area contributed by atoms with Crippen LogP contribution in [0.5, 0.6) is 0 Å². The molecule has 17 heavy (non-hydrogen) atoms. The Morgan fingerprint density at radius 1 is 1.53 bits per heavy atom. The van der Waals surface area contributed by atoms with Crippen LogP contribution in [0.1, 0.15) is 26.0 Å². The number of hydrogen-bond donors (Lipinski definition) is 1. The van der Waals surface area contributed by atoms with E-state index in [0.717, 1.165) is 24.4 Å². The van der Waals surface area contributed by atoms with Crippen molar-refractivity contribution in [3.8, 4) is 0 Å². The van der Waals surface area contributed by atoms with Crippen LogP contribution in [-0.4, -0.2) is 34.6 Å². The molecule has 0 fully saturated rings. The van der Waals surface area contributed by atoms with Crippen LogP contribution < -0.4 is 4.90 Å². The summed E-state index contributed by atoms with van der Waals surface area (Å²) in [7, 11) is 1.84. The number of aliphatic carboxylic acids is 1. The second-order valence-electron chi connectivity index (χ2n) is 4.24. The van der Waals surface area contributed by atoms with Crippen LogP contribution >= 0.6 is 0 Å². The number of carboxylic acid groups (broad SMARTS) is 1. The van der Waals surface area contributed by atoms with Gasteiger partial charge in [-0.3, -0.25) is 4.79 Å². The molecule has 1 aromatic heterocycles. The highest BCUT2D eigenvalue weighted by atomic mass is 16.4. The van der Waals surface area contributed by atoms with E-state index in [1.807, 2.05) is 18.0 Å². The number of carboxylic acids is 1. The maximum absolute atomic E-state index is 10.8. The number of anilines is 1. The summed E-state index contributed by atoms with van der Waals surface area (Å²) in [5.41, 5.74) is 0.993. The molecule has 1 unspecified atom stereocenters. The van der Waals surface area contributed by atoms with Crippen LogP contribution in [0.25, 0.3) is 0 Å². The van der Waals surface area contributed by atoms with Gasteiger partial charge in [-0.1, -0.05) is 20.3 Å². The SMILES string of the molecule is CCCc1cc(N(C)CC(C)C(=O)O)ncn1. The summed E-state index contributed by atoms with van der Waals surface area (Å²) in [5.74, 6) is -0.430. The van der Waals surface area contributed by atoms with E-state index < -0.39 is 11.9 Å². The van der Waals surface area contributed by atoms with E-state index in [-0.39, 0.29) is 0 Å². The summed E-state index contributed by atoms with van der Waals surface area (Å²) < 4.78 is 0. The average molecular weight is 237 g/mol. The van der Waals surface area contributed by atoms with Gasteiger partial charge in [0.2, 0.25) is 0 Å². The van der Waals surface area contributed by atoms with Crippen molar-refractivity contribution < 1.29 is 9.90 Å². The van der Waals surface area contributed by atoms with E-state index in [1.165, 1.54) is 6.33 Å². The predicted molar refractivity (Wildman–Crippen MR) is 66.1 cm³/mol. The summed E-state index contributed by atoms with van der Waals surface area (Å²) >= 11 is 0. The fraction of sp³-hybridized carbons (Fsp3) is 0.583. The van der Waals surface area contributed by atoms with Gasteiger partial charge in [0.15, 0.2) is 0 Å². The molecule has 0 saturated heterocycles. The van der Waals surface area contributed by atoms with Crippen LogP contribution in [0, 0.1) is 5.92 Å². The zero-order chi connectivity index (χ0) is 12.8. The number of rotatable bonds is 6. The summed E-state index contributed by atoms with van der Waals surface area (Å²) in [6.07, 6.45) is 3.48. The van der Waals surface area contributed by atoms with Crippen LogP contribution in [0.4, 0.5) is 5.82 Å². The molecule has 5 heteroatoms.